The molecule has 5 rings (SSSR count). The van der Waals surface area contributed by atoms with Gasteiger partial charge in [0.2, 0.25) is 5.89 Å². The second-order valence-corrected chi connectivity index (χ2v) is 5.65. The molecule has 4 aliphatic heterocycles. The first-order valence-corrected chi connectivity index (χ1v) is 6.94. The van der Waals surface area contributed by atoms with Crippen LogP contribution in [-0.4, -0.2) is 71.9 Å². The second kappa shape index (κ2) is 4.52. The van der Waals surface area contributed by atoms with E-state index in [1.807, 2.05) is 0 Å². The number of rotatable bonds is 2. The van der Waals surface area contributed by atoms with Gasteiger partial charge in [-0.3, -0.25) is 9.80 Å². The normalized spacial score (nSPS) is 41.8. The van der Waals surface area contributed by atoms with Crippen LogP contribution in [0.1, 0.15) is 23.7 Å². The standard InChI is InChI=1S/C12H19N5O2/c13-9-7-18-6-8(9)12-14-11(15-19-12)10-5-16-1-3-17(10)4-2-16/h8-10H,1-7,13H2. The summed E-state index contributed by atoms with van der Waals surface area (Å²) in [7, 11) is 0. The molecule has 0 radical (unpaired) electrons. The molecule has 5 heterocycles. The molecule has 1 aromatic rings. The molecule has 7 nitrogen and oxygen atoms in total. The molecule has 4 saturated heterocycles. The monoisotopic (exact) mass is 265 g/mol. The van der Waals surface area contributed by atoms with Crippen molar-refractivity contribution >= 4 is 0 Å². The molecule has 19 heavy (non-hydrogen) atoms. The highest BCUT2D eigenvalue weighted by atomic mass is 16.5. The quantitative estimate of drug-likeness (QED) is 0.748. The number of piperazine rings is 3. The van der Waals surface area contributed by atoms with E-state index < -0.39 is 0 Å². The molecule has 104 valence electrons. The molecule has 0 saturated carbocycles. The summed E-state index contributed by atoms with van der Waals surface area (Å²) in [6, 6.07) is 0.249. The van der Waals surface area contributed by atoms with Gasteiger partial charge in [0.1, 0.15) is 0 Å². The lowest BCUT2D eigenvalue weighted by Crippen LogP contribution is -2.57. The van der Waals surface area contributed by atoms with Crippen LogP contribution in [0, 0.1) is 0 Å². The Morgan fingerprint density at radius 1 is 1.16 bits per heavy atom. The van der Waals surface area contributed by atoms with Gasteiger partial charge in [0.05, 0.1) is 25.2 Å². The lowest BCUT2D eigenvalue weighted by molar-refractivity contribution is 0.00781. The molecule has 3 unspecified atom stereocenters. The van der Waals surface area contributed by atoms with Gasteiger partial charge in [-0.05, 0) is 0 Å². The number of nitrogens with two attached hydrogens (primary N) is 1. The van der Waals surface area contributed by atoms with Crippen molar-refractivity contribution in [2.45, 2.75) is 18.0 Å². The summed E-state index contributed by atoms with van der Waals surface area (Å²) in [5.41, 5.74) is 5.99. The third-order valence-electron chi connectivity index (χ3n) is 4.48. The van der Waals surface area contributed by atoms with Crippen LogP contribution >= 0.6 is 0 Å². The first-order chi connectivity index (χ1) is 9.31. The summed E-state index contributed by atoms with van der Waals surface area (Å²) in [4.78, 5) is 9.49. The highest BCUT2D eigenvalue weighted by Crippen LogP contribution is 2.29. The van der Waals surface area contributed by atoms with Crippen molar-refractivity contribution < 1.29 is 9.26 Å². The Hall–Kier alpha value is -1.02. The zero-order valence-corrected chi connectivity index (χ0v) is 10.9. The number of fused-ring (bicyclic) bond motifs is 3. The fourth-order valence-corrected chi connectivity index (χ4v) is 3.22. The van der Waals surface area contributed by atoms with Crippen molar-refractivity contribution in [3.05, 3.63) is 11.7 Å². The minimum atomic E-state index is -0.0276. The van der Waals surface area contributed by atoms with Gasteiger partial charge in [-0.1, -0.05) is 5.16 Å². The molecule has 0 amide bonds. The van der Waals surface area contributed by atoms with Gasteiger partial charge in [0.15, 0.2) is 5.82 Å². The predicted molar refractivity (Wildman–Crippen MR) is 66.6 cm³/mol. The summed E-state index contributed by atoms with van der Waals surface area (Å²) >= 11 is 0. The first-order valence-electron chi connectivity index (χ1n) is 6.94. The zero-order chi connectivity index (χ0) is 12.8. The van der Waals surface area contributed by atoms with Crippen molar-refractivity contribution in [1.29, 1.82) is 0 Å². The SMILES string of the molecule is NC1COCC1c1nc(C2CN3CCN2CC3)no1. The number of nitrogens with zero attached hydrogens (tertiary/aromatic N) is 4. The van der Waals surface area contributed by atoms with Crippen molar-refractivity contribution in [1.82, 2.24) is 19.9 Å². The van der Waals surface area contributed by atoms with Crippen LogP contribution in [0.15, 0.2) is 4.52 Å². The fraction of sp³-hybridized carbons (Fsp3) is 0.833. The van der Waals surface area contributed by atoms with E-state index in [4.69, 9.17) is 15.0 Å². The summed E-state index contributed by atoms with van der Waals surface area (Å²) in [6.45, 7) is 6.67. The number of hydrogen-bond donors (Lipinski definition) is 1. The second-order valence-electron chi connectivity index (χ2n) is 5.65. The van der Waals surface area contributed by atoms with Crippen molar-refractivity contribution in [3.63, 3.8) is 0 Å². The number of hydrogen-bond acceptors (Lipinski definition) is 7. The van der Waals surface area contributed by atoms with Crippen molar-refractivity contribution in [2.24, 2.45) is 5.73 Å². The molecular weight excluding hydrogens is 246 g/mol. The maximum Gasteiger partial charge on any atom is 0.233 e. The van der Waals surface area contributed by atoms with E-state index in [0.717, 1.165) is 38.5 Å². The van der Waals surface area contributed by atoms with E-state index in [9.17, 15) is 0 Å². The summed E-state index contributed by atoms with van der Waals surface area (Å²) in [6.07, 6.45) is 0. The molecule has 0 aromatic carbocycles. The highest BCUT2D eigenvalue weighted by Gasteiger charge is 2.37. The zero-order valence-electron chi connectivity index (χ0n) is 10.9. The maximum absolute atomic E-state index is 5.99. The fourth-order valence-electron chi connectivity index (χ4n) is 3.22. The molecule has 0 aliphatic carbocycles. The molecule has 4 fully saturated rings. The van der Waals surface area contributed by atoms with Crippen LogP contribution in [0.3, 0.4) is 0 Å². The van der Waals surface area contributed by atoms with Gasteiger partial charge in [-0.2, -0.15) is 4.98 Å². The Bertz CT molecular complexity index is 457. The van der Waals surface area contributed by atoms with E-state index in [0.29, 0.717) is 19.1 Å². The van der Waals surface area contributed by atoms with Gasteiger partial charge in [-0.15, -0.1) is 0 Å². The van der Waals surface area contributed by atoms with E-state index in [2.05, 4.69) is 19.9 Å². The van der Waals surface area contributed by atoms with Crippen LogP contribution in [0.2, 0.25) is 0 Å². The molecule has 0 spiro atoms. The van der Waals surface area contributed by atoms with E-state index in [1.165, 1.54) is 0 Å². The van der Waals surface area contributed by atoms with E-state index in [-0.39, 0.29) is 18.0 Å². The summed E-state index contributed by atoms with van der Waals surface area (Å²) in [5.74, 6) is 1.49. The Balaban J connectivity index is 1.55. The smallest absolute Gasteiger partial charge is 0.233 e. The van der Waals surface area contributed by atoms with E-state index >= 15 is 0 Å². The largest absolute Gasteiger partial charge is 0.379 e. The van der Waals surface area contributed by atoms with Gasteiger partial charge in [0.25, 0.3) is 0 Å². The number of aromatic nitrogens is 2. The maximum atomic E-state index is 5.99. The Labute approximate surface area is 111 Å². The predicted octanol–water partition coefficient (Wildman–Crippen LogP) is -0.817. The van der Waals surface area contributed by atoms with Crippen LogP contribution in [0.5, 0.6) is 0 Å². The third-order valence-corrected chi connectivity index (χ3v) is 4.48. The molecule has 1 aromatic heterocycles. The van der Waals surface area contributed by atoms with Crippen LogP contribution in [-0.2, 0) is 4.74 Å². The van der Waals surface area contributed by atoms with Gasteiger partial charge in [-0.25, -0.2) is 0 Å². The average Bonchev–Trinajstić information content (AvgIpc) is 3.08. The van der Waals surface area contributed by atoms with Gasteiger partial charge in [0, 0.05) is 38.8 Å². The van der Waals surface area contributed by atoms with Crippen molar-refractivity contribution in [2.75, 3.05) is 45.9 Å². The summed E-state index contributed by atoms with van der Waals surface area (Å²) in [5, 5.41) is 4.17. The molecule has 2 N–H and O–H groups in total. The third kappa shape index (κ3) is 1.97. The molecule has 4 aliphatic rings. The van der Waals surface area contributed by atoms with Crippen LogP contribution in [0.4, 0.5) is 0 Å². The highest BCUT2D eigenvalue weighted by molar-refractivity contribution is 5.06. The van der Waals surface area contributed by atoms with E-state index in [1.54, 1.807) is 0 Å². The average molecular weight is 265 g/mol. The minimum Gasteiger partial charge on any atom is -0.379 e. The van der Waals surface area contributed by atoms with Crippen LogP contribution in [0.25, 0.3) is 0 Å². The van der Waals surface area contributed by atoms with Gasteiger partial charge >= 0.3 is 0 Å². The molecule has 2 bridgehead atoms. The summed E-state index contributed by atoms with van der Waals surface area (Å²) < 4.78 is 10.8. The lowest BCUT2D eigenvalue weighted by atomic mass is 10.0. The van der Waals surface area contributed by atoms with Crippen molar-refractivity contribution in [3.8, 4) is 0 Å². The topological polar surface area (TPSA) is 80.7 Å². The Morgan fingerprint density at radius 3 is 2.63 bits per heavy atom. The van der Waals surface area contributed by atoms with Gasteiger partial charge < -0.3 is 15.0 Å². The first kappa shape index (κ1) is 11.8. The minimum absolute atomic E-state index is 0.0276. The number of ether oxygens (including phenoxy) is 1. The molecule has 3 atom stereocenters. The van der Waals surface area contributed by atoms with Crippen LogP contribution < -0.4 is 5.73 Å². The molecule has 7 heteroatoms. The Morgan fingerprint density at radius 2 is 2.00 bits per heavy atom. The lowest BCUT2D eigenvalue weighted by Gasteiger charge is -2.46. The Kier molecular flexibility index (Phi) is 2.80. The molecular formula is C12H19N5O2.